The number of hydrogen-bond acceptors (Lipinski definition) is 0. The molecule has 0 bridgehead atoms. The van der Waals surface area contributed by atoms with E-state index < -0.39 is 0 Å². The van der Waals surface area contributed by atoms with Gasteiger partial charge >= 0.3 is 0 Å². The number of benzene rings is 4. The molecule has 0 aliphatic heterocycles. The molecule has 0 nitrogen and oxygen atoms in total. The summed E-state index contributed by atoms with van der Waals surface area (Å²) in [7, 11) is 0. The first-order chi connectivity index (χ1) is 21.4. The van der Waals surface area contributed by atoms with Crippen LogP contribution in [0, 0.1) is 13.8 Å². The molecule has 6 aromatic rings. The van der Waals surface area contributed by atoms with Crippen molar-refractivity contribution in [3.63, 3.8) is 0 Å². The van der Waals surface area contributed by atoms with Crippen molar-refractivity contribution in [1.82, 2.24) is 0 Å². The predicted molar refractivity (Wildman–Crippen MR) is 201 cm³/mol. The molecule has 0 radical (unpaired) electrons. The van der Waals surface area contributed by atoms with Gasteiger partial charge in [-0.05, 0) is 45.9 Å². The second-order valence-corrected chi connectivity index (χ2v) is 14.1. The van der Waals surface area contributed by atoms with Crippen molar-refractivity contribution in [2.75, 3.05) is 0 Å². The van der Waals surface area contributed by atoms with Gasteiger partial charge in [0.1, 0.15) is 0 Å². The van der Waals surface area contributed by atoms with Gasteiger partial charge in [-0.1, -0.05) is 127 Å². The van der Waals surface area contributed by atoms with Crippen LogP contribution in [0.5, 0.6) is 0 Å². The number of halogens is 2. The van der Waals surface area contributed by atoms with Crippen molar-refractivity contribution in [2.45, 2.75) is 85.5 Å². The molecule has 48 heavy (non-hydrogen) atoms. The van der Waals surface area contributed by atoms with Crippen LogP contribution in [0.2, 0.25) is 0 Å². The first-order valence-electron chi connectivity index (χ1n) is 16.6. The summed E-state index contributed by atoms with van der Waals surface area (Å²) >= 11 is 0. The minimum atomic E-state index is 0. The summed E-state index contributed by atoms with van der Waals surface area (Å²) in [5.74, 6) is 0. The molecule has 0 aromatic heterocycles. The van der Waals surface area contributed by atoms with E-state index in [1.807, 2.05) is 0 Å². The molecule has 6 rings (SSSR count). The Morgan fingerprint density at radius 2 is 0.833 bits per heavy atom. The first-order valence-corrected chi connectivity index (χ1v) is 16.6. The summed E-state index contributed by atoms with van der Waals surface area (Å²) in [6, 6.07) is 40.6. The Labute approximate surface area is 323 Å². The van der Waals surface area contributed by atoms with E-state index in [0.717, 1.165) is 19.3 Å². The minimum Gasteiger partial charge on any atom is -1.00 e. The van der Waals surface area contributed by atoms with Crippen LogP contribution < -0.4 is 24.8 Å². The normalized spacial score (nSPS) is 10.9. The molecule has 3 heteroatoms. The molecule has 0 amide bonds. The van der Waals surface area contributed by atoms with Crippen molar-refractivity contribution < 1.29 is 50.7 Å². The standard InChI is InChI=1S/2C21H23.C3H6.2ClH.Hf/c2*1-5-15-13-17-7-6-8-19(20(17)14-15)16-9-11-18(12-10-16)21(2,3)4;1-3-2;;;/h2*6-14H,5H2,1-4H3;1-3H2;2*1H;/q2*-1;-2;;;/p-2. The third-order valence-electron chi connectivity index (χ3n) is 8.56. The van der Waals surface area contributed by atoms with Gasteiger partial charge in [-0.2, -0.15) is 12.1 Å². The monoisotopic (exact) mass is 842 g/mol. The maximum Gasteiger partial charge on any atom is 0 e. The fraction of sp³-hybridized carbons (Fsp3) is 0.289. The first kappa shape index (κ1) is 43.6. The number of fused-ring (bicyclic) bond motifs is 2. The smallest absolute Gasteiger partial charge is 0 e. The number of aryl methyl sites for hydroxylation is 2. The van der Waals surface area contributed by atoms with Crippen LogP contribution >= 0.6 is 0 Å². The van der Waals surface area contributed by atoms with Crippen LogP contribution in [0.3, 0.4) is 0 Å². The largest absolute Gasteiger partial charge is 1.00 e. The summed E-state index contributed by atoms with van der Waals surface area (Å²) in [5, 5.41) is 5.45. The Balaban J connectivity index is 0.000000420. The molecule has 0 N–H and O–H groups in total. The van der Waals surface area contributed by atoms with Gasteiger partial charge in [0.25, 0.3) is 0 Å². The van der Waals surface area contributed by atoms with E-state index in [1.54, 1.807) is 0 Å². The zero-order chi connectivity index (χ0) is 32.8. The van der Waals surface area contributed by atoms with Gasteiger partial charge in [0.2, 0.25) is 0 Å². The zero-order valence-corrected chi connectivity index (χ0v) is 35.3. The second kappa shape index (κ2) is 19.1. The number of rotatable bonds is 4. The fourth-order valence-corrected chi connectivity index (χ4v) is 5.80. The van der Waals surface area contributed by atoms with Crippen LogP contribution in [0.25, 0.3) is 43.8 Å². The van der Waals surface area contributed by atoms with Gasteiger partial charge in [-0.3, -0.25) is 0 Å². The summed E-state index contributed by atoms with van der Waals surface area (Å²) < 4.78 is 0. The van der Waals surface area contributed by atoms with E-state index in [2.05, 4.69) is 178 Å². The van der Waals surface area contributed by atoms with Crippen molar-refractivity contribution >= 4 is 21.5 Å². The molecular weight excluding hydrogens is 790 g/mol. The molecule has 6 aromatic carbocycles. The molecule has 0 atom stereocenters. The Bertz CT molecular complexity index is 1670. The quantitative estimate of drug-likeness (QED) is 0.130. The molecule has 0 heterocycles. The Morgan fingerprint density at radius 3 is 1.10 bits per heavy atom. The topological polar surface area (TPSA) is 0 Å². The molecule has 0 unspecified atom stereocenters. The molecule has 0 fully saturated rings. The SMILES string of the molecule is CCc1cc2c(-c3ccc(C(C)(C)C)cc3)cccc2[cH-]1.CCc1cc2c(-c3ccc(C(C)(C)C)cc3)cccc2[cH-]1.[CH2-]C[CH2-].[Cl-].[Cl-].[Hf]. The summed E-state index contributed by atoms with van der Waals surface area (Å²) in [6.07, 6.45) is 2.94. The molecule has 0 aliphatic carbocycles. The van der Waals surface area contributed by atoms with E-state index in [0.29, 0.717) is 0 Å². The Kier molecular flexibility index (Phi) is 17.3. The minimum absolute atomic E-state index is 0. The van der Waals surface area contributed by atoms with Crippen LogP contribution in [-0.2, 0) is 49.5 Å². The van der Waals surface area contributed by atoms with Crippen molar-refractivity contribution in [3.05, 3.63) is 145 Å². The second-order valence-electron chi connectivity index (χ2n) is 14.1. The molecule has 0 aliphatic rings. The maximum absolute atomic E-state index is 3.38. The van der Waals surface area contributed by atoms with Crippen molar-refractivity contribution in [1.29, 1.82) is 0 Å². The van der Waals surface area contributed by atoms with Crippen LogP contribution in [0.4, 0.5) is 0 Å². The molecule has 0 saturated heterocycles. The average Bonchev–Trinajstić information content (AvgIpc) is 3.65. The summed E-state index contributed by atoms with van der Waals surface area (Å²) in [5.41, 5.74) is 11.3. The van der Waals surface area contributed by atoms with Crippen molar-refractivity contribution in [3.8, 4) is 22.3 Å². The van der Waals surface area contributed by atoms with Gasteiger partial charge in [-0.15, -0.1) is 69.1 Å². The Morgan fingerprint density at radius 1 is 0.521 bits per heavy atom. The van der Waals surface area contributed by atoms with Crippen LogP contribution in [0.1, 0.15) is 84.1 Å². The average molecular weight is 842 g/mol. The van der Waals surface area contributed by atoms with Crippen molar-refractivity contribution in [2.24, 2.45) is 0 Å². The van der Waals surface area contributed by atoms with Gasteiger partial charge in [-0.25, -0.2) is 0 Å². The molecule has 0 spiro atoms. The van der Waals surface area contributed by atoms with Gasteiger partial charge in [0.15, 0.2) is 0 Å². The molecular formula is C45H52Cl2Hf-6. The molecule has 256 valence electrons. The maximum atomic E-state index is 3.38. The van der Waals surface area contributed by atoms with E-state index >= 15 is 0 Å². The van der Waals surface area contributed by atoms with E-state index in [-0.39, 0.29) is 61.5 Å². The van der Waals surface area contributed by atoms with E-state index in [4.69, 9.17) is 0 Å². The zero-order valence-electron chi connectivity index (χ0n) is 30.2. The van der Waals surface area contributed by atoms with E-state index in [1.165, 1.54) is 66.1 Å². The number of hydrogen-bond donors (Lipinski definition) is 0. The molecule has 0 saturated carbocycles. The third-order valence-corrected chi connectivity index (χ3v) is 8.56. The van der Waals surface area contributed by atoms with E-state index in [9.17, 15) is 0 Å². The summed E-state index contributed by atoms with van der Waals surface area (Å²) in [6.45, 7) is 24.7. The van der Waals surface area contributed by atoms with Gasteiger partial charge in [0.05, 0.1) is 0 Å². The fourth-order valence-electron chi connectivity index (χ4n) is 5.80. The predicted octanol–water partition coefficient (Wildman–Crippen LogP) is 7.22. The Hall–Kier alpha value is -2.45. The van der Waals surface area contributed by atoms with Gasteiger partial charge < -0.3 is 45.1 Å². The third kappa shape index (κ3) is 10.8. The van der Waals surface area contributed by atoms with Crippen LogP contribution in [-0.4, -0.2) is 0 Å². The van der Waals surface area contributed by atoms with Crippen LogP contribution in [0.15, 0.2) is 109 Å². The van der Waals surface area contributed by atoms with Gasteiger partial charge in [0, 0.05) is 25.8 Å². The summed E-state index contributed by atoms with van der Waals surface area (Å²) in [4.78, 5) is 0.